The number of nitrogens with two attached hydrogens (primary N) is 1. The fraction of sp³-hybridized carbons (Fsp3) is 0.583. The Morgan fingerprint density at radius 1 is 1.38 bits per heavy atom. The highest BCUT2D eigenvalue weighted by molar-refractivity contribution is 5.53. The predicted molar refractivity (Wildman–Crippen MR) is 64.3 cm³/mol. The molecular weight excluding hydrogens is 202 g/mol. The summed E-state index contributed by atoms with van der Waals surface area (Å²) in [6, 6.07) is 1.67. The van der Waals surface area contributed by atoms with Gasteiger partial charge >= 0.3 is 0 Å². The van der Waals surface area contributed by atoms with E-state index in [0.717, 1.165) is 24.3 Å². The van der Waals surface area contributed by atoms with Crippen molar-refractivity contribution in [2.75, 3.05) is 24.6 Å². The summed E-state index contributed by atoms with van der Waals surface area (Å²) >= 11 is 0. The number of hydrogen-bond acceptors (Lipinski definition) is 4. The molecule has 16 heavy (non-hydrogen) atoms. The molecular formula is C12H19N3O. The van der Waals surface area contributed by atoms with E-state index in [1.165, 1.54) is 19.3 Å². The first kappa shape index (κ1) is 11.4. The zero-order chi connectivity index (χ0) is 11.4. The molecule has 0 amide bonds. The van der Waals surface area contributed by atoms with Gasteiger partial charge in [0.05, 0.1) is 12.6 Å². The Morgan fingerprint density at radius 2 is 2.12 bits per heavy atom. The first-order valence-corrected chi connectivity index (χ1v) is 5.88. The van der Waals surface area contributed by atoms with Crippen LogP contribution < -0.4 is 10.6 Å². The van der Waals surface area contributed by atoms with E-state index in [9.17, 15) is 0 Å². The summed E-state index contributed by atoms with van der Waals surface area (Å²) in [5, 5.41) is 9.14. The topological polar surface area (TPSA) is 62.4 Å². The van der Waals surface area contributed by atoms with Gasteiger partial charge in [-0.2, -0.15) is 0 Å². The molecule has 0 aromatic carbocycles. The summed E-state index contributed by atoms with van der Waals surface area (Å²) in [6.07, 6.45) is 7.33. The Kier molecular flexibility index (Phi) is 3.74. The molecule has 3 N–H and O–H groups in total. The third-order valence-corrected chi connectivity index (χ3v) is 3.12. The molecule has 1 saturated heterocycles. The molecule has 1 atom stereocenters. The van der Waals surface area contributed by atoms with Crippen LogP contribution >= 0.6 is 0 Å². The van der Waals surface area contributed by atoms with Crippen molar-refractivity contribution >= 4 is 5.69 Å². The van der Waals surface area contributed by atoms with Crippen molar-refractivity contribution in [2.24, 2.45) is 5.73 Å². The second-order valence-electron chi connectivity index (χ2n) is 4.27. The maximum Gasteiger partial charge on any atom is 0.0625 e. The summed E-state index contributed by atoms with van der Waals surface area (Å²) in [6.45, 7) is 2.12. The van der Waals surface area contributed by atoms with Crippen molar-refractivity contribution < 1.29 is 5.11 Å². The lowest BCUT2D eigenvalue weighted by Crippen LogP contribution is -2.31. The molecule has 4 heteroatoms. The monoisotopic (exact) mass is 221 g/mol. The van der Waals surface area contributed by atoms with E-state index in [2.05, 4.69) is 9.88 Å². The van der Waals surface area contributed by atoms with Crippen LogP contribution in [0.5, 0.6) is 0 Å². The van der Waals surface area contributed by atoms with Crippen molar-refractivity contribution in [1.82, 2.24) is 4.98 Å². The van der Waals surface area contributed by atoms with Crippen molar-refractivity contribution in [1.29, 1.82) is 0 Å². The van der Waals surface area contributed by atoms with Crippen LogP contribution in [0.4, 0.5) is 5.69 Å². The van der Waals surface area contributed by atoms with Crippen LogP contribution in [-0.4, -0.2) is 29.8 Å². The number of aromatic nitrogens is 1. The smallest absolute Gasteiger partial charge is 0.0625 e. The van der Waals surface area contributed by atoms with E-state index in [-0.39, 0.29) is 12.6 Å². The minimum Gasteiger partial charge on any atom is -0.394 e. The van der Waals surface area contributed by atoms with E-state index < -0.39 is 0 Å². The Bertz CT molecular complexity index is 337. The van der Waals surface area contributed by atoms with Crippen molar-refractivity contribution in [3.05, 3.63) is 24.0 Å². The van der Waals surface area contributed by atoms with Gasteiger partial charge in [-0.25, -0.2) is 0 Å². The molecule has 4 nitrogen and oxygen atoms in total. The van der Waals surface area contributed by atoms with Crippen LogP contribution in [0, 0.1) is 0 Å². The van der Waals surface area contributed by atoms with Crippen molar-refractivity contribution in [3.8, 4) is 0 Å². The largest absolute Gasteiger partial charge is 0.394 e. The summed E-state index contributed by atoms with van der Waals surface area (Å²) in [5.74, 6) is 0. The van der Waals surface area contributed by atoms with Gasteiger partial charge in [0.15, 0.2) is 0 Å². The SMILES string of the molecule is NC(CO)c1cnccc1N1CCCCC1. The normalized spacial score (nSPS) is 18.5. The molecule has 1 fully saturated rings. The van der Waals surface area contributed by atoms with Gasteiger partial charge in [0.2, 0.25) is 0 Å². The number of aliphatic hydroxyl groups is 1. The highest BCUT2D eigenvalue weighted by Crippen LogP contribution is 2.26. The number of piperidine rings is 1. The van der Waals surface area contributed by atoms with Gasteiger partial charge in [-0.3, -0.25) is 4.98 Å². The van der Waals surface area contributed by atoms with E-state index >= 15 is 0 Å². The summed E-state index contributed by atoms with van der Waals surface area (Å²) in [4.78, 5) is 6.43. The van der Waals surface area contributed by atoms with Crippen molar-refractivity contribution in [3.63, 3.8) is 0 Å². The molecule has 0 bridgehead atoms. The Labute approximate surface area is 96.1 Å². The maximum atomic E-state index is 9.14. The number of anilines is 1. The summed E-state index contributed by atoms with van der Waals surface area (Å²) in [5.41, 5.74) is 7.97. The van der Waals surface area contributed by atoms with Crippen LogP contribution in [0.1, 0.15) is 30.9 Å². The molecule has 0 spiro atoms. The van der Waals surface area contributed by atoms with Gasteiger partial charge < -0.3 is 15.7 Å². The molecule has 1 aliphatic heterocycles. The summed E-state index contributed by atoms with van der Waals surface area (Å²) in [7, 11) is 0. The van der Waals surface area contributed by atoms with Crippen molar-refractivity contribution in [2.45, 2.75) is 25.3 Å². The second-order valence-corrected chi connectivity index (χ2v) is 4.27. The van der Waals surface area contributed by atoms with Crippen LogP contribution in [0.3, 0.4) is 0 Å². The minimum absolute atomic E-state index is 0.0352. The van der Waals surface area contributed by atoms with Gasteiger partial charge in [0.1, 0.15) is 0 Å². The first-order valence-electron chi connectivity index (χ1n) is 5.88. The highest BCUT2D eigenvalue weighted by atomic mass is 16.3. The molecule has 1 aromatic heterocycles. The first-order chi connectivity index (χ1) is 7.83. The fourth-order valence-corrected chi connectivity index (χ4v) is 2.21. The third kappa shape index (κ3) is 2.33. The Balaban J connectivity index is 2.24. The second kappa shape index (κ2) is 5.27. The van der Waals surface area contributed by atoms with Gasteiger partial charge in [-0.05, 0) is 25.3 Å². The number of aliphatic hydroxyl groups excluding tert-OH is 1. The quantitative estimate of drug-likeness (QED) is 0.801. The van der Waals surface area contributed by atoms with Gasteiger partial charge in [0, 0.05) is 36.7 Å². The minimum atomic E-state index is -0.328. The molecule has 1 aliphatic rings. The van der Waals surface area contributed by atoms with E-state index in [1.54, 1.807) is 12.4 Å². The standard InChI is InChI=1S/C12H19N3O/c13-11(9-16)10-8-14-5-4-12(10)15-6-2-1-3-7-15/h4-5,8,11,16H,1-3,6-7,9,13H2. The van der Waals surface area contributed by atoms with Crippen LogP contribution in [0.15, 0.2) is 18.5 Å². The van der Waals surface area contributed by atoms with Gasteiger partial charge in [-0.15, -0.1) is 0 Å². The van der Waals surface area contributed by atoms with Gasteiger partial charge in [0.25, 0.3) is 0 Å². The lowest BCUT2D eigenvalue weighted by molar-refractivity contribution is 0.268. The number of pyridine rings is 1. The molecule has 0 aliphatic carbocycles. The Morgan fingerprint density at radius 3 is 2.81 bits per heavy atom. The molecule has 1 unspecified atom stereocenters. The highest BCUT2D eigenvalue weighted by Gasteiger charge is 2.17. The molecule has 0 saturated carbocycles. The lowest BCUT2D eigenvalue weighted by Gasteiger charge is -2.31. The molecule has 2 heterocycles. The third-order valence-electron chi connectivity index (χ3n) is 3.12. The van der Waals surface area contributed by atoms with Crippen LogP contribution in [0.25, 0.3) is 0 Å². The molecule has 2 rings (SSSR count). The lowest BCUT2D eigenvalue weighted by atomic mass is 10.0. The predicted octanol–water partition coefficient (Wildman–Crippen LogP) is 1.06. The number of hydrogen-bond donors (Lipinski definition) is 2. The zero-order valence-corrected chi connectivity index (χ0v) is 9.47. The maximum absolute atomic E-state index is 9.14. The number of nitrogens with zero attached hydrogens (tertiary/aromatic N) is 2. The van der Waals surface area contributed by atoms with E-state index in [0.29, 0.717) is 0 Å². The Hall–Kier alpha value is -1.13. The number of rotatable bonds is 3. The average molecular weight is 221 g/mol. The average Bonchev–Trinajstić information content (AvgIpc) is 2.39. The molecule has 1 aromatic rings. The van der Waals surface area contributed by atoms with Crippen LogP contribution in [0.2, 0.25) is 0 Å². The zero-order valence-electron chi connectivity index (χ0n) is 9.47. The summed E-state index contributed by atoms with van der Waals surface area (Å²) < 4.78 is 0. The fourth-order valence-electron chi connectivity index (χ4n) is 2.21. The van der Waals surface area contributed by atoms with Gasteiger partial charge in [-0.1, -0.05) is 0 Å². The van der Waals surface area contributed by atoms with Crippen LogP contribution in [-0.2, 0) is 0 Å². The van der Waals surface area contributed by atoms with E-state index in [4.69, 9.17) is 10.8 Å². The van der Waals surface area contributed by atoms with E-state index in [1.807, 2.05) is 6.07 Å². The molecule has 88 valence electrons. The molecule has 0 radical (unpaired) electrons.